The topological polar surface area (TPSA) is 157 Å². The van der Waals surface area contributed by atoms with E-state index < -0.39 is 40.4 Å². The number of rotatable bonds is 3. The molecular formula is C54H78O15. The zero-order chi connectivity index (χ0) is 48.2. The van der Waals surface area contributed by atoms with Crippen LogP contribution in [0.1, 0.15) is 139 Å². The van der Waals surface area contributed by atoms with Gasteiger partial charge >= 0.3 is 5.97 Å². The molecular weight excluding hydrogens is 889 g/mol. The lowest BCUT2D eigenvalue weighted by Crippen LogP contribution is -2.70. The number of aliphatic hydroxyl groups is 1. The Labute approximate surface area is 407 Å². The van der Waals surface area contributed by atoms with Crippen molar-refractivity contribution in [3.63, 3.8) is 0 Å². The molecule has 15 heteroatoms. The largest absolute Gasteiger partial charge is 0.456 e. The van der Waals surface area contributed by atoms with E-state index in [2.05, 4.69) is 53.3 Å². The third-order valence-corrected chi connectivity index (χ3v) is 19.3. The van der Waals surface area contributed by atoms with Crippen LogP contribution in [0, 0.1) is 5.92 Å². The molecule has 12 aliphatic rings. The highest BCUT2D eigenvalue weighted by molar-refractivity contribution is 5.84. The molecule has 25 atom stereocenters. The van der Waals surface area contributed by atoms with E-state index in [1.165, 1.54) is 0 Å². The van der Waals surface area contributed by atoms with Gasteiger partial charge in [0.15, 0.2) is 6.29 Å². The van der Waals surface area contributed by atoms with Crippen LogP contribution in [-0.4, -0.2) is 161 Å². The first-order valence-corrected chi connectivity index (χ1v) is 26.6. The molecule has 10 fully saturated rings. The molecule has 0 amide bonds. The fraction of sp³-hybridized carbons (Fsp3) is 0.870. The van der Waals surface area contributed by atoms with E-state index in [4.69, 9.17) is 61.6 Å². The zero-order valence-electron chi connectivity index (χ0n) is 42.2. The second kappa shape index (κ2) is 17.1. The molecule has 25 unspecified atom stereocenters. The lowest BCUT2D eigenvalue weighted by Gasteiger charge is -2.60. The smallest absolute Gasteiger partial charge is 0.331 e. The Kier molecular flexibility index (Phi) is 11.9. The summed E-state index contributed by atoms with van der Waals surface area (Å²) in [6.07, 6.45) is 8.89. The highest BCUT2D eigenvalue weighted by Gasteiger charge is 2.64. The molecule has 0 bridgehead atoms. The maximum absolute atomic E-state index is 12.3. The Morgan fingerprint density at radius 1 is 0.667 bits per heavy atom. The van der Waals surface area contributed by atoms with Gasteiger partial charge in [-0.1, -0.05) is 25.7 Å². The first kappa shape index (κ1) is 48.1. The normalized spacial score (nSPS) is 57.7. The minimum absolute atomic E-state index is 0.00613. The molecule has 0 aromatic heterocycles. The Morgan fingerprint density at radius 3 is 2.20 bits per heavy atom. The number of hydrogen-bond acceptors (Lipinski definition) is 15. The van der Waals surface area contributed by atoms with Crippen molar-refractivity contribution in [3.05, 3.63) is 36.0 Å². The Balaban J connectivity index is 0.711. The molecule has 10 saturated heterocycles. The second-order valence-electron chi connectivity index (χ2n) is 24.6. The van der Waals surface area contributed by atoms with Gasteiger partial charge in [0.05, 0.1) is 120 Å². The van der Waals surface area contributed by atoms with Crippen molar-refractivity contribution in [2.45, 2.75) is 290 Å². The lowest BCUT2D eigenvalue weighted by molar-refractivity contribution is -0.356. The van der Waals surface area contributed by atoms with Gasteiger partial charge in [-0.2, -0.15) is 0 Å². The standard InChI is InChI=1S/C54H78O15/c1-26-17-34-39(24-52(8)41(62-34)22-38-48(68-52)27(2)18-46(56)64-38)61-33-13-15-51(7)42(65-47(26)33)23-43-53(9,69-51)25-45-50(6,67-43)14-11-12-32-35(63-45)20-37-36(60-32)21-44-54(10,66-37)40(55)19-31(59-44)16-28(3)49-57-29(4)30(5)58-49/h11-12,18,26,29-45,47-49,55H,3,13-17,19-25H2,1-2,4-10H3. The second-order valence-corrected chi connectivity index (χ2v) is 24.6. The highest BCUT2D eigenvalue weighted by atomic mass is 16.7. The Hall–Kier alpha value is -1.83. The van der Waals surface area contributed by atoms with Crippen LogP contribution in [0.3, 0.4) is 0 Å². The average Bonchev–Trinajstić information content (AvgIpc) is 3.47. The maximum Gasteiger partial charge on any atom is 0.331 e. The van der Waals surface area contributed by atoms with Crippen molar-refractivity contribution in [3.8, 4) is 0 Å². The molecule has 0 aromatic carbocycles. The minimum atomic E-state index is -0.895. The fourth-order valence-electron chi connectivity index (χ4n) is 14.9. The van der Waals surface area contributed by atoms with E-state index in [-0.39, 0.29) is 122 Å². The van der Waals surface area contributed by atoms with Crippen molar-refractivity contribution in [2.24, 2.45) is 5.92 Å². The van der Waals surface area contributed by atoms with Gasteiger partial charge in [-0.25, -0.2) is 4.79 Å². The predicted octanol–water partition coefficient (Wildman–Crippen LogP) is 6.42. The Bertz CT molecular complexity index is 2070. The molecule has 1 N–H and O–H groups in total. The summed E-state index contributed by atoms with van der Waals surface area (Å²) in [6, 6.07) is 0. The third-order valence-electron chi connectivity index (χ3n) is 19.3. The van der Waals surface area contributed by atoms with Crippen LogP contribution in [0.4, 0.5) is 0 Å². The molecule has 12 heterocycles. The molecule has 12 aliphatic heterocycles. The summed E-state index contributed by atoms with van der Waals surface area (Å²) in [4.78, 5) is 12.3. The van der Waals surface area contributed by atoms with Crippen molar-refractivity contribution < 1.29 is 71.5 Å². The van der Waals surface area contributed by atoms with Gasteiger partial charge in [0.25, 0.3) is 0 Å². The van der Waals surface area contributed by atoms with Gasteiger partial charge in [-0.05, 0) is 105 Å². The maximum atomic E-state index is 12.3. The number of carbonyl (C=O) groups is 1. The van der Waals surface area contributed by atoms with Crippen LogP contribution in [0.5, 0.6) is 0 Å². The first-order valence-electron chi connectivity index (χ1n) is 26.6. The molecule has 0 radical (unpaired) electrons. The number of ether oxygens (including phenoxy) is 13. The van der Waals surface area contributed by atoms with Crippen LogP contribution in [0.15, 0.2) is 36.0 Å². The van der Waals surface area contributed by atoms with E-state index in [9.17, 15) is 9.90 Å². The fourth-order valence-corrected chi connectivity index (χ4v) is 14.9. The molecule has 15 nitrogen and oxygen atoms in total. The summed E-state index contributed by atoms with van der Waals surface area (Å²) in [7, 11) is 0. The molecule has 384 valence electrons. The summed E-state index contributed by atoms with van der Waals surface area (Å²) in [6.45, 7) is 23.2. The molecule has 0 aliphatic carbocycles. The van der Waals surface area contributed by atoms with Crippen molar-refractivity contribution >= 4 is 5.97 Å². The number of esters is 1. The molecule has 12 rings (SSSR count). The monoisotopic (exact) mass is 967 g/mol. The summed E-state index contributed by atoms with van der Waals surface area (Å²) >= 11 is 0. The molecule has 0 spiro atoms. The van der Waals surface area contributed by atoms with Gasteiger partial charge in [0.1, 0.15) is 23.9 Å². The SMILES string of the molecule is C=C(CC1CC(O)C2(C)OC3CC4OC5CC6(C)OC7(C)CCC8OC9CC%10(C)OC%11C(C)=CC(=O)OC%11CC%10OC9CC(C)C8OC7CC6OC5(C)CC=CC4OC3CC2O1)C1OC(C)C(C)O1. The first-order chi connectivity index (χ1) is 32.7. The third kappa shape index (κ3) is 8.21. The van der Waals surface area contributed by atoms with Gasteiger partial charge in [0.2, 0.25) is 0 Å². The van der Waals surface area contributed by atoms with E-state index in [0.29, 0.717) is 57.8 Å². The van der Waals surface area contributed by atoms with Crippen LogP contribution >= 0.6 is 0 Å². The molecule has 69 heavy (non-hydrogen) atoms. The van der Waals surface area contributed by atoms with Crippen LogP contribution in [-0.2, 0) is 66.4 Å². The number of carbonyl (C=O) groups excluding carboxylic acids is 1. The van der Waals surface area contributed by atoms with E-state index >= 15 is 0 Å². The quantitative estimate of drug-likeness (QED) is 0.244. The summed E-state index contributed by atoms with van der Waals surface area (Å²) in [5.74, 6) is -0.141. The van der Waals surface area contributed by atoms with Gasteiger partial charge < -0.3 is 66.7 Å². The number of aliphatic hydroxyl groups excluding tert-OH is 1. The van der Waals surface area contributed by atoms with E-state index in [1.54, 1.807) is 6.08 Å². The van der Waals surface area contributed by atoms with E-state index in [1.807, 2.05) is 27.7 Å². The summed E-state index contributed by atoms with van der Waals surface area (Å²) < 4.78 is 88.3. The van der Waals surface area contributed by atoms with Crippen molar-refractivity contribution in [2.75, 3.05) is 0 Å². The van der Waals surface area contributed by atoms with Crippen molar-refractivity contribution in [1.29, 1.82) is 0 Å². The minimum Gasteiger partial charge on any atom is -0.456 e. The molecule has 0 saturated carbocycles. The van der Waals surface area contributed by atoms with Gasteiger partial charge in [-0.3, -0.25) is 0 Å². The number of fused-ring (bicyclic) bond motifs is 10. The highest BCUT2D eigenvalue weighted by Crippen LogP contribution is 2.55. The van der Waals surface area contributed by atoms with Crippen molar-refractivity contribution in [1.82, 2.24) is 0 Å². The predicted molar refractivity (Wildman–Crippen MR) is 247 cm³/mol. The molecule has 0 aromatic rings. The zero-order valence-corrected chi connectivity index (χ0v) is 42.2. The number of hydrogen-bond donors (Lipinski definition) is 1. The van der Waals surface area contributed by atoms with Crippen LogP contribution in [0.25, 0.3) is 0 Å². The lowest BCUT2D eigenvalue weighted by atomic mass is 9.72. The summed E-state index contributed by atoms with van der Waals surface area (Å²) in [5.41, 5.74) is -1.57. The Morgan fingerprint density at radius 2 is 1.41 bits per heavy atom. The van der Waals surface area contributed by atoms with Crippen LogP contribution in [0.2, 0.25) is 0 Å². The van der Waals surface area contributed by atoms with E-state index in [0.717, 1.165) is 30.4 Å². The van der Waals surface area contributed by atoms with Gasteiger partial charge in [-0.15, -0.1) is 0 Å². The van der Waals surface area contributed by atoms with Crippen LogP contribution < -0.4 is 0 Å². The average molecular weight is 967 g/mol. The van der Waals surface area contributed by atoms with Gasteiger partial charge in [0, 0.05) is 51.0 Å². The summed E-state index contributed by atoms with van der Waals surface area (Å²) in [5, 5.41) is 11.7.